The van der Waals surface area contributed by atoms with E-state index < -0.39 is 0 Å². The van der Waals surface area contributed by atoms with Gasteiger partial charge in [-0.1, -0.05) is 35.9 Å². The maximum atomic E-state index is 6.07. The lowest BCUT2D eigenvalue weighted by molar-refractivity contribution is 0.856. The minimum absolute atomic E-state index is 0.750. The van der Waals surface area contributed by atoms with Crippen LogP contribution in [0, 0.1) is 13.8 Å². The zero-order valence-electron chi connectivity index (χ0n) is 11.5. The fourth-order valence-corrected chi connectivity index (χ4v) is 2.44. The Morgan fingerprint density at radius 2 is 1.75 bits per heavy atom. The van der Waals surface area contributed by atoms with Crippen LogP contribution >= 0.6 is 11.6 Å². The highest BCUT2D eigenvalue weighted by molar-refractivity contribution is 6.30. The summed E-state index contributed by atoms with van der Waals surface area (Å²) < 4.78 is 1.92. The molecule has 0 spiro atoms. The molecular formula is C17H15ClN2. The van der Waals surface area contributed by atoms with Gasteiger partial charge >= 0.3 is 0 Å². The first-order valence-corrected chi connectivity index (χ1v) is 6.90. The van der Waals surface area contributed by atoms with Crippen LogP contribution in [-0.4, -0.2) is 9.78 Å². The van der Waals surface area contributed by atoms with Crippen LogP contribution in [0.4, 0.5) is 0 Å². The number of nitrogens with zero attached hydrogens (tertiary/aromatic N) is 2. The number of rotatable bonds is 2. The van der Waals surface area contributed by atoms with E-state index in [4.69, 9.17) is 11.6 Å². The summed E-state index contributed by atoms with van der Waals surface area (Å²) in [5, 5.41) is 5.23. The van der Waals surface area contributed by atoms with Crippen LogP contribution in [0.3, 0.4) is 0 Å². The highest BCUT2D eigenvalue weighted by atomic mass is 35.5. The molecule has 1 heterocycles. The van der Waals surface area contributed by atoms with Gasteiger partial charge in [0.25, 0.3) is 0 Å². The van der Waals surface area contributed by atoms with Crippen molar-refractivity contribution in [3.63, 3.8) is 0 Å². The molecule has 0 aliphatic heterocycles. The fourth-order valence-electron chi connectivity index (χ4n) is 2.25. The summed E-state index contributed by atoms with van der Waals surface area (Å²) >= 11 is 6.07. The molecule has 0 aliphatic rings. The van der Waals surface area contributed by atoms with Crippen LogP contribution in [0.5, 0.6) is 0 Å². The molecule has 0 aliphatic carbocycles. The van der Waals surface area contributed by atoms with Gasteiger partial charge in [-0.2, -0.15) is 5.10 Å². The number of aryl methyl sites for hydroxylation is 2. The highest BCUT2D eigenvalue weighted by Crippen LogP contribution is 2.26. The number of aromatic nitrogens is 2. The maximum Gasteiger partial charge on any atom is 0.0680 e. The van der Waals surface area contributed by atoms with Gasteiger partial charge < -0.3 is 0 Å². The molecule has 1 aromatic heterocycles. The Hall–Kier alpha value is -2.06. The Morgan fingerprint density at radius 3 is 2.45 bits per heavy atom. The van der Waals surface area contributed by atoms with Crippen LogP contribution in [-0.2, 0) is 0 Å². The summed E-state index contributed by atoms with van der Waals surface area (Å²) in [7, 11) is 0. The predicted molar refractivity (Wildman–Crippen MR) is 83.5 cm³/mol. The van der Waals surface area contributed by atoms with Crippen LogP contribution < -0.4 is 0 Å². The van der Waals surface area contributed by atoms with Crippen molar-refractivity contribution in [3.05, 3.63) is 71.0 Å². The largest absolute Gasteiger partial charge is 0.240 e. The molecule has 0 radical (unpaired) electrons. The monoisotopic (exact) mass is 282 g/mol. The summed E-state index contributed by atoms with van der Waals surface area (Å²) in [5.41, 5.74) is 5.55. The zero-order valence-corrected chi connectivity index (χ0v) is 12.2. The summed E-state index contributed by atoms with van der Waals surface area (Å²) in [6, 6.07) is 16.3. The Morgan fingerprint density at radius 1 is 0.950 bits per heavy atom. The van der Waals surface area contributed by atoms with E-state index in [-0.39, 0.29) is 0 Å². The lowest BCUT2D eigenvalue weighted by Gasteiger charge is -2.09. The summed E-state index contributed by atoms with van der Waals surface area (Å²) in [6.45, 7) is 4.08. The van der Waals surface area contributed by atoms with Crippen molar-refractivity contribution in [2.24, 2.45) is 0 Å². The molecule has 0 bridgehead atoms. The molecule has 0 N–H and O–H groups in total. The average molecular weight is 283 g/mol. The number of benzene rings is 2. The molecule has 3 aromatic rings. The van der Waals surface area contributed by atoms with E-state index in [1.165, 1.54) is 5.56 Å². The van der Waals surface area contributed by atoms with Gasteiger partial charge in [0.1, 0.15) is 0 Å². The summed E-state index contributed by atoms with van der Waals surface area (Å²) in [5.74, 6) is 0. The van der Waals surface area contributed by atoms with Crippen LogP contribution in [0.15, 0.2) is 54.7 Å². The Kier molecular flexibility index (Phi) is 3.33. The number of hydrogen-bond donors (Lipinski definition) is 0. The molecule has 0 saturated carbocycles. The standard InChI is InChI=1S/C17H15ClN2/c1-12-6-7-15(14-4-3-5-16(18)10-14)11-17(12)20-9-8-13(2)19-20/h3-11H,1-2H3. The van der Waals surface area contributed by atoms with Crippen molar-refractivity contribution in [1.29, 1.82) is 0 Å². The quantitative estimate of drug-likeness (QED) is 0.659. The molecule has 0 amide bonds. The van der Waals surface area contributed by atoms with E-state index in [1.54, 1.807) is 0 Å². The topological polar surface area (TPSA) is 17.8 Å². The predicted octanol–water partition coefficient (Wildman–Crippen LogP) is 4.81. The Balaban J connectivity index is 2.11. The van der Waals surface area contributed by atoms with E-state index >= 15 is 0 Å². The molecule has 0 fully saturated rings. The van der Waals surface area contributed by atoms with E-state index in [9.17, 15) is 0 Å². The van der Waals surface area contributed by atoms with Gasteiger partial charge in [0.2, 0.25) is 0 Å². The van der Waals surface area contributed by atoms with Gasteiger partial charge in [0.15, 0.2) is 0 Å². The average Bonchev–Trinajstić information content (AvgIpc) is 2.86. The number of halogens is 1. The third-order valence-corrected chi connectivity index (χ3v) is 3.57. The second-order valence-corrected chi connectivity index (χ2v) is 5.35. The molecule has 0 atom stereocenters. The van der Waals surface area contributed by atoms with E-state index in [0.29, 0.717) is 0 Å². The van der Waals surface area contributed by atoms with Crippen LogP contribution in [0.2, 0.25) is 5.02 Å². The first-order valence-electron chi connectivity index (χ1n) is 6.53. The van der Waals surface area contributed by atoms with Crippen molar-refractivity contribution in [3.8, 4) is 16.8 Å². The third-order valence-electron chi connectivity index (χ3n) is 3.34. The normalized spacial score (nSPS) is 10.8. The van der Waals surface area contributed by atoms with Gasteiger partial charge in [-0.25, -0.2) is 4.68 Å². The minimum atomic E-state index is 0.750. The highest BCUT2D eigenvalue weighted by Gasteiger charge is 2.06. The Labute approximate surface area is 123 Å². The zero-order chi connectivity index (χ0) is 14.1. The van der Waals surface area contributed by atoms with Crippen LogP contribution in [0.25, 0.3) is 16.8 Å². The molecule has 3 heteroatoms. The van der Waals surface area contributed by atoms with Crippen molar-refractivity contribution in [2.75, 3.05) is 0 Å². The molecule has 2 aromatic carbocycles. The number of hydrogen-bond acceptors (Lipinski definition) is 1. The van der Waals surface area contributed by atoms with Gasteiger partial charge in [0.05, 0.1) is 11.4 Å². The second-order valence-electron chi connectivity index (χ2n) is 4.91. The second kappa shape index (κ2) is 5.14. The van der Waals surface area contributed by atoms with Crippen molar-refractivity contribution in [1.82, 2.24) is 9.78 Å². The molecule has 0 unspecified atom stereocenters. The molecule has 3 rings (SSSR count). The van der Waals surface area contributed by atoms with Gasteiger partial charge in [0, 0.05) is 11.2 Å². The van der Waals surface area contributed by atoms with Gasteiger partial charge in [-0.3, -0.25) is 0 Å². The molecular weight excluding hydrogens is 268 g/mol. The minimum Gasteiger partial charge on any atom is -0.240 e. The van der Waals surface area contributed by atoms with E-state index in [0.717, 1.165) is 27.5 Å². The third kappa shape index (κ3) is 2.47. The van der Waals surface area contributed by atoms with Crippen molar-refractivity contribution >= 4 is 11.6 Å². The molecule has 2 nitrogen and oxygen atoms in total. The smallest absolute Gasteiger partial charge is 0.0680 e. The lowest BCUT2D eigenvalue weighted by atomic mass is 10.0. The SMILES string of the molecule is Cc1ccn(-c2cc(-c3cccc(Cl)c3)ccc2C)n1. The van der Waals surface area contributed by atoms with E-state index in [2.05, 4.69) is 36.3 Å². The molecule has 100 valence electrons. The first-order chi connectivity index (χ1) is 9.63. The summed E-state index contributed by atoms with van der Waals surface area (Å²) in [4.78, 5) is 0. The van der Waals surface area contributed by atoms with Crippen molar-refractivity contribution in [2.45, 2.75) is 13.8 Å². The molecule has 20 heavy (non-hydrogen) atoms. The van der Waals surface area contributed by atoms with Gasteiger partial charge in [-0.15, -0.1) is 0 Å². The van der Waals surface area contributed by atoms with Crippen LogP contribution in [0.1, 0.15) is 11.3 Å². The first kappa shape index (κ1) is 12.9. The van der Waals surface area contributed by atoms with E-state index in [1.807, 2.05) is 42.1 Å². The maximum absolute atomic E-state index is 6.07. The lowest BCUT2D eigenvalue weighted by Crippen LogP contribution is -1.98. The molecule has 0 saturated heterocycles. The van der Waals surface area contributed by atoms with Gasteiger partial charge in [-0.05, 0) is 54.8 Å². The van der Waals surface area contributed by atoms with Crippen molar-refractivity contribution < 1.29 is 0 Å². The summed E-state index contributed by atoms with van der Waals surface area (Å²) in [6.07, 6.45) is 1.99. The fraction of sp³-hybridized carbons (Fsp3) is 0.118. The Bertz CT molecular complexity index is 759.